The van der Waals surface area contributed by atoms with Crippen LogP contribution in [0.4, 0.5) is 4.39 Å². The second-order valence-corrected chi connectivity index (χ2v) is 6.95. The number of hydrazone groups is 1. The molecule has 0 spiro atoms. The maximum absolute atomic E-state index is 12.8. The Balaban J connectivity index is 1.94. The molecule has 10 heteroatoms. The lowest BCUT2D eigenvalue weighted by molar-refractivity contribution is -0.119. The summed E-state index contributed by atoms with van der Waals surface area (Å²) in [5, 5.41) is 3.68. The second-order valence-electron chi connectivity index (χ2n) is 5.19. The summed E-state index contributed by atoms with van der Waals surface area (Å²) in [6.07, 6.45) is 1.31. The predicted molar refractivity (Wildman–Crippen MR) is 96.9 cm³/mol. The summed E-state index contributed by atoms with van der Waals surface area (Å²) in [6, 6.07) is 9.51. The van der Waals surface area contributed by atoms with Gasteiger partial charge in [-0.2, -0.15) is 5.10 Å². The summed E-state index contributed by atoms with van der Waals surface area (Å²) < 4.78 is 49.6. The van der Waals surface area contributed by atoms with E-state index in [-0.39, 0.29) is 16.5 Å². The molecule has 144 valence electrons. The van der Waals surface area contributed by atoms with Crippen LogP contribution in [0.5, 0.6) is 11.5 Å². The molecule has 0 aliphatic rings. The molecule has 0 aliphatic carbocycles. The zero-order chi connectivity index (χ0) is 19.9. The fourth-order valence-electron chi connectivity index (χ4n) is 1.99. The van der Waals surface area contributed by atoms with Gasteiger partial charge in [0, 0.05) is 6.07 Å². The highest BCUT2D eigenvalue weighted by atomic mass is 32.2. The first-order chi connectivity index (χ1) is 12.9. The van der Waals surface area contributed by atoms with Gasteiger partial charge in [-0.3, -0.25) is 4.79 Å². The Labute approximate surface area is 156 Å². The molecule has 2 N–H and O–H groups in total. The van der Waals surface area contributed by atoms with E-state index in [1.807, 2.05) is 0 Å². The third-order valence-electron chi connectivity index (χ3n) is 3.36. The number of sulfonamides is 1. The second kappa shape index (κ2) is 9.10. The van der Waals surface area contributed by atoms with Crippen molar-refractivity contribution in [1.82, 2.24) is 10.1 Å². The van der Waals surface area contributed by atoms with Crippen LogP contribution in [0.2, 0.25) is 0 Å². The Bertz CT molecular complexity index is 930. The molecule has 0 saturated carbocycles. The SMILES string of the molecule is COc1ccc(S(=O)(=O)NCC(=O)N/N=C\c2ccc(F)cc2)cc1OC. The highest BCUT2D eigenvalue weighted by molar-refractivity contribution is 7.89. The van der Waals surface area contributed by atoms with Gasteiger partial charge in [0.15, 0.2) is 11.5 Å². The lowest BCUT2D eigenvalue weighted by atomic mass is 10.2. The third-order valence-corrected chi connectivity index (χ3v) is 4.76. The number of carbonyl (C=O) groups excluding carboxylic acids is 1. The normalized spacial score (nSPS) is 11.4. The molecule has 0 atom stereocenters. The summed E-state index contributed by atoms with van der Waals surface area (Å²) in [6.45, 7) is -0.516. The van der Waals surface area contributed by atoms with Crippen LogP contribution in [0, 0.1) is 5.82 Å². The highest BCUT2D eigenvalue weighted by Gasteiger charge is 2.18. The lowest BCUT2D eigenvalue weighted by Gasteiger charge is -2.10. The van der Waals surface area contributed by atoms with Gasteiger partial charge in [-0.05, 0) is 29.8 Å². The quantitative estimate of drug-likeness (QED) is 0.517. The first-order valence-corrected chi connectivity index (χ1v) is 9.13. The van der Waals surface area contributed by atoms with Crippen LogP contribution in [0.1, 0.15) is 5.56 Å². The van der Waals surface area contributed by atoms with E-state index in [9.17, 15) is 17.6 Å². The van der Waals surface area contributed by atoms with Crippen LogP contribution >= 0.6 is 0 Å². The van der Waals surface area contributed by atoms with Crippen molar-refractivity contribution in [2.75, 3.05) is 20.8 Å². The minimum atomic E-state index is -3.93. The summed E-state index contributed by atoms with van der Waals surface area (Å²) >= 11 is 0. The molecule has 1 amide bonds. The van der Waals surface area contributed by atoms with E-state index in [1.165, 1.54) is 62.9 Å². The van der Waals surface area contributed by atoms with Gasteiger partial charge in [-0.15, -0.1) is 0 Å². The first kappa shape index (κ1) is 20.3. The van der Waals surface area contributed by atoms with Crippen LogP contribution in [0.15, 0.2) is 52.5 Å². The number of nitrogens with one attached hydrogen (secondary N) is 2. The van der Waals surface area contributed by atoms with Crippen molar-refractivity contribution in [1.29, 1.82) is 0 Å². The molecule has 0 bridgehead atoms. The number of methoxy groups -OCH3 is 2. The van der Waals surface area contributed by atoms with Crippen LogP contribution in [0.3, 0.4) is 0 Å². The maximum Gasteiger partial charge on any atom is 0.255 e. The molecule has 2 aromatic carbocycles. The summed E-state index contributed by atoms with van der Waals surface area (Å²) in [7, 11) is -1.12. The smallest absolute Gasteiger partial charge is 0.255 e. The van der Waals surface area contributed by atoms with Crippen molar-refractivity contribution in [3.8, 4) is 11.5 Å². The number of hydrogen-bond acceptors (Lipinski definition) is 6. The fourth-order valence-corrected chi connectivity index (χ4v) is 2.99. The van der Waals surface area contributed by atoms with Crippen molar-refractivity contribution in [3.05, 3.63) is 53.8 Å². The number of nitrogens with zero attached hydrogens (tertiary/aromatic N) is 1. The van der Waals surface area contributed by atoms with E-state index in [0.717, 1.165) is 0 Å². The van der Waals surface area contributed by atoms with Crippen LogP contribution < -0.4 is 19.6 Å². The number of rotatable bonds is 8. The minimum absolute atomic E-state index is 0.0808. The fraction of sp³-hybridized carbons (Fsp3) is 0.176. The van der Waals surface area contributed by atoms with E-state index >= 15 is 0 Å². The van der Waals surface area contributed by atoms with Crippen LogP contribution in [0.25, 0.3) is 0 Å². The zero-order valence-corrected chi connectivity index (χ0v) is 15.4. The first-order valence-electron chi connectivity index (χ1n) is 7.65. The van der Waals surface area contributed by atoms with Gasteiger partial charge in [-0.1, -0.05) is 12.1 Å². The van der Waals surface area contributed by atoms with Crippen molar-refractivity contribution in [2.45, 2.75) is 4.90 Å². The van der Waals surface area contributed by atoms with Crippen molar-refractivity contribution in [2.24, 2.45) is 5.10 Å². The Morgan fingerprint density at radius 3 is 2.41 bits per heavy atom. The summed E-state index contributed by atoms with van der Waals surface area (Å²) in [5.41, 5.74) is 2.75. The van der Waals surface area contributed by atoms with Crippen molar-refractivity contribution >= 4 is 22.1 Å². The topological polar surface area (TPSA) is 106 Å². The number of benzene rings is 2. The molecular formula is C17H18FN3O5S. The van der Waals surface area contributed by atoms with E-state index in [4.69, 9.17) is 9.47 Å². The van der Waals surface area contributed by atoms with Gasteiger partial charge >= 0.3 is 0 Å². The molecule has 27 heavy (non-hydrogen) atoms. The van der Waals surface area contributed by atoms with Crippen LogP contribution in [-0.2, 0) is 14.8 Å². The highest BCUT2D eigenvalue weighted by Crippen LogP contribution is 2.29. The van der Waals surface area contributed by atoms with Gasteiger partial charge in [0.25, 0.3) is 5.91 Å². The van der Waals surface area contributed by atoms with Gasteiger partial charge in [0.2, 0.25) is 10.0 Å². The van der Waals surface area contributed by atoms with Gasteiger partial charge in [0.1, 0.15) is 5.82 Å². The Kier molecular flexibility index (Phi) is 6.85. The van der Waals surface area contributed by atoms with Gasteiger partial charge < -0.3 is 9.47 Å². The molecule has 0 radical (unpaired) electrons. The zero-order valence-electron chi connectivity index (χ0n) is 14.6. The average Bonchev–Trinajstić information content (AvgIpc) is 2.67. The molecular weight excluding hydrogens is 377 g/mol. The summed E-state index contributed by atoms with van der Waals surface area (Å²) in [5.74, 6) is -0.434. The van der Waals surface area contributed by atoms with E-state index in [0.29, 0.717) is 11.3 Å². The number of amides is 1. The Morgan fingerprint density at radius 1 is 1.11 bits per heavy atom. The molecule has 0 heterocycles. The lowest BCUT2D eigenvalue weighted by Crippen LogP contribution is -2.34. The van der Waals surface area contributed by atoms with Gasteiger partial charge in [-0.25, -0.2) is 23.0 Å². The number of ether oxygens (including phenoxy) is 2. The third kappa shape index (κ3) is 5.76. The maximum atomic E-state index is 12.8. The molecule has 2 rings (SSSR count). The van der Waals surface area contributed by atoms with Crippen molar-refractivity contribution < 1.29 is 27.1 Å². The number of halogens is 1. The molecule has 0 saturated heterocycles. The van der Waals surface area contributed by atoms with Crippen molar-refractivity contribution in [3.63, 3.8) is 0 Å². The Morgan fingerprint density at radius 2 is 1.78 bits per heavy atom. The Hall–Kier alpha value is -2.98. The predicted octanol–water partition coefficient (Wildman–Crippen LogP) is 1.27. The molecule has 8 nitrogen and oxygen atoms in total. The average molecular weight is 395 g/mol. The van der Waals surface area contributed by atoms with Gasteiger partial charge in [0.05, 0.1) is 31.9 Å². The number of carbonyl (C=O) groups is 1. The van der Waals surface area contributed by atoms with E-state index < -0.39 is 22.5 Å². The molecule has 0 aromatic heterocycles. The molecule has 2 aromatic rings. The minimum Gasteiger partial charge on any atom is -0.493 e. The number of hydrogen-bond donors (Lipinski definition) is 2. The van der Waals surface area contributed by atoms with E-state index in [2.05, 4.69) is 15.2 Å². The standard InChI is InChI=1S/C17H18FN3O5S/c1-25-15-8-7-14(9-16(15)26-2)27(23,24)20-11-17(22)21-19-10-12-3-5-13(18)6-4-12/h3-10,20H,11H2,1-2H3,(H,21,22)/b19-10-. The largest absolute Gasteiger partial charge is 0.493 e. The monoisotopic (exact) mass is 395 g/mol. The molecule has 0 aliphatic heterocycles. The van der Waals surface area contributed by atoms with E-state index in [1.54, 1.807) is 0 Å². The molecule has 0 fully saturated rings. The summed E-state index contributed by atoms with van der Waals surface area (Å²) in [4.78, 5) is 11.7. The van der Waals surface area contributed by atoms with Crippen LogP contribution in [-0.4, -0.2) is 41.3 Å². The molecule has 0 unspecified atom stereocenters.